The zero-order valence-electron chi connectivity index (χ0n) is 8.25. The molecule has 0 aromatic rings. The van der Waals surface area contributed by atoms with Crippen molar-refractivity contribution >= 4 is 14.5 Å². The fraction of sp³-hybridized carbons (Fsp3) is 0.500. The summed E-state index contributed by atoms with van der Waals surface area (Å²) in [5, 5.41) is 8.54. The molecule has 0 unspecified atom stereocenters. The first-order chi connectivity index (χ1) is 5.95. The van der Waals surface area contributed by atoms with E-state index in [-0.39, 0.29) is 5.57 Å². The number of aliphatic carboxylic acids is 1. The number of rotatable bonds is 4. The largest absolute Gasteiger partial charge is 0.477 e. The van der Waals surface area contributed by atoms with E-state index in [1.54, 1.807) is 12.2 Å². The van der Waals surface area contributed by atoms with Gasteiger partial charge in [0.15, 0.2) is 0 Å². The normalized spacial score (nSPS) is 10.5. The van der Waals surface area contributed by atoms with E-state index < -0.39 is 14.5 Å². The molecule has 0 saturated heterocycles. The molecule has 0 bridgehead atoms. The summed E-state index contributed by atoms with van der Waals surface area (Å²) in [5.74, 6) is -0.986. The number of carboxylic acid groups (broad SMARTS) is 1. The van der Waals surface area contributed by atoms with Crippen LogP contribution in [0.3, 0.4) is 0 Å². The van der Waals surface area contributed by atoms with E-state index in [2.05, 4.69) is 5.73 Å². The molecule has 1 N–H and O–H groups in total. The van der Waals surface area contributed by atoms with Crippen LogP contribution in [-0.2, 0) is 13.6 Å². The predicted octanol–water partition coefficient (Wildman–Crippen LogP) is 1.08. The number of carbonyl (C=O) groups is 1. The van der Waals surface area contributed by atoms with Crippen LogP contribution in [0.2, 0.25) is 6.55 Å². The molecule has 5 heteroatoms. The summed E-state index contributed by atoms with van der Waals surface area (Å²) < 4.78 is 10.2. The van der Waals surface area contributed by atoms with Gasteiger partial charge in [-0.15, -0.1) is 5.73 Å². The predicted molar refractivity (Wildman–Crippen MR) is 50.5 cm³/mol. The average Bonchev–Trinajstić information content (AvgIpc) is 2.13. The van der Waals surface area contributed by atoms with Gasteiger partial charge in [-0.2, -0.15) is 0 Å². The van der Waals surface area contributed by atoms with Gasteiger partial charge in [0, 0.05) is 19.9 Å². The Bertz CT molecular complexity index is 249. The molecule has 0 aliphatic rings. The molecule has 0 radical (unpaired) electrons. The zero-order valence-corrected chi connectivity index (χ0v) is 9.25. The van der Waals surface area contributed by atoms with Crippen molar-refractivity contribution in [2.24, 2.45) is 0 Å². The minimum absolute atomic E-state index is 0.146. The van der Waals surface area contributed by atoms with Crippen LogP contribution in [0.4, 0.5) is 0 Å². The summed E-state index contributed by atoms with van der Waals surface area (Å²) in [5.41, 5.74) is 4.34. The van der Waals surface area contributed by atoms with Crippen molar-refractivity contribution in [3.8, 4) is 0 Å². The molecule has 74 valence electrons. The average molecular weight is 202 g/mol. The molecule has 0 amide bonds. The Morgan fingerprint density at radius 3 is 2.23 bits per heavy atom. The zero-order chi connectivity index (χ0) is 10.5. The summed E-state index contributed by atoms with van der Waals surface area (Å²) >= 11 is 0. The summed E-state index contributed by atoms with van der Waals surface area (Å²) in [7, 11) is 0.737. The SMILES string of the molecule is CO[Si](C)(C=C=C(C)C(=O)O)OC. The molecular weight excluding hydrogens is 188 g/mol. The molecule has 0 atom stereocenters. The second-order valence-electron chi connectivity index (χ2n) is 2.64. The van der Waals surface area contributed by atoms with Gasteiger partial charge in [-0.05, 0) is 13.5 Å². The first-order valence-electron chi connectivity index (χ1n) is 3.73. The third kappa shape index (κ3) is 4.05. The van der Waals surface area contributed by atoms with Gasteiger partial charge in [0.05, 0.1) is 5.57 Å². The topological polar surface area (TPSA) is 55.8 Å². The Hall–Kier alpha value is -0.873. The van der Waals surface area contributed by atoms with Crippen molar-refractivity contribution < 1.29 is 18.8 Å². The van der Waals surface area contributed by atoms with Gasteiger partial charge in [0.2, 0.25) is 0 Å². The quantitative estimate of drug-likeness (QED) is 0.421. The van der Waals surface area contributed by atoms with Crippen molar-refractivity contribution in [2.45, 2.75) is 13.5 Å². The molecule has 13 heavy (non-hydrogen) atoms. The maximum Gasteiger partial charge on any atom is 0.369 e. The van der Waals surface area contributed by atoms with E-state index >= 15 is 0 Å². The van der Waals surface area contributed by atoms with Crippen molar-refractivity contribution in [2.75, 3.05) is 14.2 Å². The molecule has 0 heterocycles. The molecule has 0 aromatic carbocycles. The van der Waals surface area contributed by atoms with Crippen LogP contribution in [0.15, 0.2) is 17.0 Å². The monoisotopic (exact) mass is 202 g/mol. The van der Waals surface area contributed by atoms with Gasteiger partial charge in [0.25, 0.3) is 0 Å². The van der Waals surface area contributed by atoms with Crippen LogP contribution in [0.1, 0.15) is 6.92 Å². The molecule has 0 spiro atoms. The Balaban J connectivity index is 4.75. The molecule has 4 nitrogen and oxygen atoms in total. The minimum Gasteiger partial charge on any atom is -0.477 e. The van der Waals surface area contributed by atoms with Gasteiger partial charge >= 0.3 is 14.5 Å². The number of carboxylic acids is 1. The second kappa shape index (κ2) is 4.99. The molecular formula is C8H14O4Si. The van der Waals surface area contributed by atoms with Gasteiger partial charge in [-0.1, -0.05) is 0 Å². The lowest BCUT2D eigenvalue weighted by Gasteiger charge is -2.16. The highest BCUT2D eigenvalue weighted by molar-refractivity contribution is 6.71. The van der Waals surface area contributed by atoms with Crippen molar-refractivity contribution in [3.63, 3.8) is 0 Å². The van der Waals surface area contributed by atoms with E-state index in [1.807, 2.05) is 0 Å². The van der Waals surface area contributed by atoms with Crippen LogP contribution < -0.4 is 0 Å². The van der Waals surface area contributed by atoms with Crippen LogP contribution >= 0.6 is 0 Å². The first kappa shape index (κ1) is 12.1. The van der Waals surface area contributed by atoms with E-state index in [4.69, 9.17) is 14.0 Å². The second-order valence-corrected chi connectivity index (χ2v) is 5.78. The Labute approximate surface area is 78.7 Å². The van der Waals surface area contributed by atoms with Gasteiger partial charge in [-0.25, -0.2) is 4.79 Å². The van der Waals surface area contributed by atoms with Crippen LogP contribution in [0.5, 0.6) is 0 Å². The maximum absolute atomic E-state index is 10.4. The van der Waals surface area contributed by atoms with Crippen LogP contribution in [-0.4, -0.2) is 33.9 Å². The summed E-state index contributed by atoms with van der Waals surface area (Å²) in [6, 6.07) is 0. The van der Waals surface area contributed by atoms with E-state index in [0.29, 0.717) is 0 Å². The standard InChI is InChI=1S/C8H14O4Si/c1-7(8(9)10)5-6-13(4,11-2)12-3/h6H,1-4H3,(H,9,10). The summed E-state index contributed by atoms with van der Waals surface area (Å²) in [6.07, 6.45) is 0. The lowest BCUT2D eigenvalue weighted by atomic mass is 10.3. The highest BCUT2D eigenvalue weighted by atomic mass is 28.4. The molecule has 0 rings (SSSR count). The molecule has 0 aromatic heterocycles. The summed E-state index contributed by atoms with van der Waals surface area (Å²) in [6.45, 7) is 3.27. The highest BCUT2D eigenvalue weighted by Crippen LogP contribution is 2.05. The van der Waals surface area contributed by atoms with Gasteiger partial charge < -0.3 is 14.0 Å². The lowest BCUT2D eigenvalue weighted by Crippen LogP contribution is -2.33. The number of hydrogen-bond acceptors (Lipinski definition) is 3. The Kier molecular flexibility index (Phi) is 4.65. The Morgan fingerprint density at radius 2 is 1.92 bits per heavy atom. The smallest absolute Gasteiger partial charge is 0.369 e. The molecule has 0 fully saturated rings. The van der Waals surface area contributed by atoms with Gasteiger partial charge in [0.1, 0.15) is 0 Å². The van der Waals surface area contributed by atoms with E-state index in [0.717, 1.165) is 0 Å². The van der Waals surface area contributed by atoms with E-state index in [1.165, 1.54) is 21.1 Å². The fourth-order valence-electron chi connectivity index (χ4n) is 0.502. The third-order valence-electron chi connectivity index (χ3n) is 1.68. The highest BCUT2D eigenvalue weighted by Gasteiger charge is 2.24. The molecule has 0 saturated carbocycles. The maximum atomic E-state index is 10.4. The molecule has 0 aliphatic heterocycles. The molecule has 0 aliphatic carbocycles. The van der Waals surface area contributed by atoms with Gasteiger partial charge in [-0.3, -0.25) is 0 Å². The lowest BCUT2D eigenvalue weighted by molar-refractivity contribution is -0.132. The summed E-state index contributed by atoms with van der Waals surface area (Å²) in [4.78, 5) is 10.4. The first-order valence-corrected chi connectivity index (χ1v) is 6.12. The van der Waals surface area contributed by atoms with Crippen molar-refractivity contribution in [3.05, 3.63) is 17.0 Å². The Morgan fingerprint density at radius 1 is 1.46 bits per heavy atom. The van der Waals surface area contributed by atoms with Crippen molar-refractivity contribution in [1.82, 2.24) is 0 Å². The third-order valence-corrected chi connectivity index (χ3v) is 3.97. The fourth-order valence-corrected chi connectivity index (χ4v) is 1.38. The minimum atomic E-state index is -2.33. The van der Waals surface area contributed by atoms with Crippen LogP contribution in [0, 0.1) is 0 Å². The number of hydrogen-bond donors (Lipinski definition) is 1. The van der Waals surface area contributed by atoms with Crippen LogP contribution in [0.25, 0.3) is 0 Å². The van der Waals surface area contributed by atoms with E-state index in [9.17, 15) is 4.79 Å². The van der Waals surface area contributed by atoms with Crippen molar-refractivity contribution in [1.29, 1.82) is 0 Å².